The zero-order valence-corrected chi connectivity index (χ0v) is 13.5. The Morgan fingerprint density at radius 2 is 2.05 bits per heavy atom. The molecule has 1 aromatic rings. The summed E-state index contributed by atoms with van der Waals surface area (Å²) < 4.78 is 1.17. The molecule has 1 fully saturated rings. The van der Waals surface area contributed by atoms with Gasteiger partial charge < -0.3 is 10.2 Å². The summed E-state index contributed by atoms with van der Waals surface area (Å²) in [5.74, 6) is 0. The van der Waals surface area contributed by atoms with Crippen LogP contribution in [-0.2, 0) is 0 Å². The first-order valence-corrected chi connectivity index (χ1v) is 8.30. The molecule has 0 bridgehead atoms. The molecule has 1 atom stereocenters. The second-order valence-corrected chi connectivity index (χ2v) is 6.27. The van der Waals surface area contributed by atoms with Gasteiger partial charge in [-0.3, -0.25) is 0 Å². The Morgan fingerprint density at radius 1 is 1.26 bits per heavy atom. The summed E-state index contributed by atoms with van der Waals surface area (Å²) in [6.07, 6.45) is 5.37. The molecule has 0 spiro atoms. The van der Waals surface area contributed by atoms with E-state index < -0.39 is 0 Å². The number of hydrogen-bond donors (Lipinski definition) is 1. The third-order valence-electron chi connectivity index (χ3n) is 3.88. The maximum absolute atomic E-state index is 3.62. The lowest BCUT2D eigenvalue weighted by Gasteiger charge is -2.28. The number of hydrogen-bond acceptors (Lipinski definition) is 2. The third kappa shape index (κ3) is 4.90. The van der Waals surface area contributed by atoms with Gasteiger partial charge in [-0.05, 0) is 63.1 Å². The topological polar surface area (TPSA) is 15.3 Å². The van der Waals surface area contributed by atoms with Crippen molar-refractivity contribution in [2.24, 2.45) is 0 Å². The Balaban J connectivity index is 1.91. The summed E-state index contributed by atoms with van der Waals surface area (Å²) in [6, 6.07) is 9.17. The van der Waals surface area contributed by atoms with Crippen molar-refractivity contribution < 1.29 is 0 Å². The maximum atomic E-state index is 3.62. The molecule has 0 aromatic heterocycles. The molecule has 1 aliphatic rings. The molecule has 1 saturated heterocycles. The summed E-state index contributed by atoms with van der Waals surface area (Å²) in [4.78, 5) is 2.62. The maximum Gasteiger partial charge on any atom is 0.0332 e. The molecule has 1 unspecified atom stereocenters. The number of piperidine rings is 1. The predicted octanol–water partition coefficient (Wildman–Crippen LogP) is 3.98. The summed E-state index contributed by atoms with van der Waals surface area (Å²) in [7, 11) is 0. The quantitative estimate of drug-likeness (QED) is 0.851. The highest BCUT2D eigenvalue weighted by Crippen LogP contribution is 2.22. The van der Waals surface area contributed by atoms with Gasteiger partial charge in [-0.1, -0.05) is 41.4 Å². The molecule has 19 heavy (non-hydrogen) atoms. The molecule has 2 nitrogen and oxygen atoms in total. The van der Waals surface area contributed by atoms with Crippen molar-refractivity contribution in [2.45, 2.75) is 38.6 Å². The van der Waals surface area contributed by atoms with Gasteiger partial charge >= 0.3 is 0 Å². The van der Waals surface area contributed by atoms with E-state index in [9.17, 15) is 0 Å². The highest BCUT2D eigenvalue weighted by molar-refractivity contribution is 9.10. The van der Waals surface area contributed by atoms with Crippen molar-refractivity contribution in [3.8, 4) is 0 Å². The van der Waals surface area contributed by atoms with Gasteiger partial charge in [-0.25, -0.2) is 0 Å². The van der Waals surface area contributed by atoms with Crippen LogP contribution in [0.2, 0.25) is 0 Å². The highest BCUT2D eigenvalue weighted by Gasteiger charge is 2.14. The van der Waals surface area contributed by atoms with Crippen molar-refractivity contribution in [1.82, 2.24) is 10.2 Å². The van der Waals surface area contributed by atoms with Crippen LogP contribution in [-0.4, -0.2) is 31.1 Å². The van der Waals surface area contributed by atoms with E-state index >= 15 is 0 Å². The second kappa shape index (κ2) is 8.03. The predicted molar refractivity (Wildman–Crippen MR) is 85.5 cm³/mol. The minimum absolute atomic E-state index is 0.476. The number of nitrogens with one attached hydrogen (secondary N) is 1. The average molecular weight is 325 g/mol. The van der Waals surface area contributed by atoms with Gasteiger partial charge in [0, 0.05) is 10.5 Å². The Bertz CT molecular complexity index is 375. The molecule has 2 rings (SSSR count). The van der Waals surface area contributed by atoms with E-state index in [0.29, 0.717) is 6.04 Å². The smallest absolute Gasteiger partial charge is 0.0332 e. The van der Waals surface area contributed by atoms with E-state index in [0.717, 1.165) is 6.54 Å². The van der Waals surface area contributed by atoms with Gasteiger partial charge in [0.15, 0.2) is 0 Å². The Kier molecular flexibility index (Phi) is 6.35. The zero-order chi connectivity index (χ0) is 13.5. The van der Waals surface area contributed by atoms with Crippen LogP contribution in [0.15, 0.2) is 28.7 Å². The molecule has 106 valence electrons. The molecule has 1 aliphatic heterocycles. The number of likely N-dealkylation sites (tertiary alicyclic amines) is 1. The number of nitrogens with zero attached hydrogens (tertiary/aromatic N) is 1. The molecular formula is C16H25BrN2. The Hall–Kier alpha value is -0.380. The van der Waals surface area contributed by atoms with Crippen LogP contribution in [0.25, 0.3) is 0 Å². The van der Waals surface area contributed by atoms with E-state index in [1.165, 1.54) is 55.4 Å². The lowest BCUT2D eigenvalue weighted by Crippen LogP contribution is -2.33. The van der Waals surface area contributed by atoms with Crippen LogP contribution in [0.4, 0.5) is 0 Å². The molecule has 1 N–H and O–H groups in total. The van der Waals surface area contributed by atoms with Crippen molar-refractivity contribution in [2.75, 3.05) is 26.2 Å². The fourth-order valence-electron chi connectivity index (χ4n) is 2.85. The fourth-order valence-corrected chi connectivity index (χ4v) is 3.27. The van der Waals surface area contributed by atoms with Gasteiger partial charge in [0.2, 0.25) is 0 Å². The largest absolute Gasteiger partial charge is 0.310 e. The van der Waals surface area contributed by atoms with Gasteiger partial charge in [0.05, 0.1) is 0 Å². The van der Waals surface area contributed by atoms with Crippen LogP contribution in [0.3, 0.4) is 0 Å². The molecule has 3 heteroatoms. The molecular weight excluding hydrogens is 300 g/mol. The summed E-state index contributed by atoms with van der Waals surface area (Å²) in [6.45, 7) is 7.00. The van der Waals surface area contributed by atoms with Gasteiger partial charge in [0.25, 0.3) is 0 Å². The van der Waals surface area contributed by atoms with Crippen molar-refractivity contribution in [3.63, 3.8) is 0 Å². The van der Waals surface area contributed by atoms with E-state index in [1.54, 1.807) is 0 Å². The lowest BCUT2D eigenvalue weighted by atomic mass is 10.0. The van der Waals surface area contributed by atoms with Gasteiger partial charge in [0.1, 0.15) is 0 Å². The second-order valence-electron chi connectivity index (χ2n) is 5.36. The Labute approximate surface area is 125 Å². The first-order chi connectivity index (χ1) is 9.29. The minimum Gasteiger partial charge on any atom is -0.310 e. The van der Waals surface area contributed by atoms with Crippen LogP contribution in [0.5, 0.6) is 0 Å². The Morgan fingerprint density at radius 3 is 2.74 bits per heavy atom. The van der Waals surface area contributed by atoms with Crippen LogP contribution < -0.4 is 5.32 Å². The van der Waals surface area contributed by atoms with E-state index in [2.05, 4.69) is 57.3 Å². The van der Waals surface area contributed by atoms with Crippen molar-refractivity contribution in [1.29, 1.82) is 0 Å². The minimum atomic E-state index is 0.476. The van der Waals surface area contributed by atoms with Gasteiger partial charge in [-0.15, -0.1) is 0 Å². The molecule has 1 aromatic carbocycles. The first kappa shape index (κ1) is 15.0. The number of halogens is 1. The molecule has 0 radical (unpaired) electrons. The SMILES string of the molecule is CCNC(CCN1CCCCC1)c1cccc(Br)c1. The van der Waals surface area contributed by atoms with E-state index in [-0.39, 0.29) is 0 Å². The van der Waals surface area contributed by atoms with E-state index in [1.807, 2.05) is 0 Å². The summed E-state index contributed by atoms with van der Waals surface area (Å²) >= 11 is 3.57. The van der Waals surface area contributed by atoms with Gasteiger partial charge in [-0.2, -0.15) is 0 Å². The standard InChI is InChI=1S/C16H25BrN2/c1-2-18-16(14-7-6-8-15(17)13-14)9-12-19-10-4-3-5-11-19/h6-8,13,16,18H,2-5,9-12H2,1H3. The first-order valence-electron chi connectivity index (χ1n) is 7.51. The normalized spacial score (nSPS) is 18.4. The summed E-state index contributed by atoms with van der Waals surface area (Å²) in [5, 5.41) is 3.62. The van der Waals surface area contributed by atoms with Crippen LogP contribution in [0, 0.1) is 0 Å². The van der Waals surface area contributed by atoms with E-state index in [4.69, 9.17) is 0 Å². The van der Waals surface area contributed by atoms with Crippen molar-refractivity contribution >= 4 is 15.9 Å². The molecule has 0 saturated carbocycles. The molecule has 0 amide bonds. The molecule has 1 heterocycles. The zero-order valence-electron chi connectivity index (χ0n) is 11.9. The third-order valence-corrected chi connectivity index (χ3v) is 4.38. The lowest BCUT2D eigenvalue weighted by molar-refractivity contribution is 0.217. The fraction of sp³-hybridized carbons (Fsp3) is 0.625. The van der Waals surface area contributed by atoms with Crippen molar-refractivity contribution in [3.05, 3.63) is 34.3 Å². The number of benzene rings is 1. The summed E-state index contributed by atoms with van der Waals surface area (Å²) in [5.41, 5.74) is 1.40. The van der Waals surface area contributed by atoms with Crippen LogP contribution >= 0.6 is 15.9 Å². The van der Waals surface area contributed by atoms with Crippen LogP contribution in [0.1, 0.15) is 44.2 Å². The number of rotatable bonds is 6. The monoisotopic (exact) mass is 324 g/mol. The highest BCUT2D eigenvalue weighted by atomic mass is 79.9. The molecule has 0 aliphatic carbocycles. The average Bonchev–Trinajstić information content (AvgIpc) is 2.44.